The molecular weight excluding hydrogens is 271 g/mol. The lowest BCUT2D eigenvalue weighted by atomic mass is 10.3. The van der Waals surface area contributed by atoms with E-state index in [4.69, 9.17) is 16.3 Å². The van der Waals surface area contributed by atoms with E-state index in [1.165, 1.54) is 0 Å². The van der Waals surface area contributed by atoms with Crippen molar-refractivity contribution in [2.75, 3.05) is 0 Å². The second kappa shape index (κ2) is 5.23. The Labute approximate surface area is 111 Å². The van der Waals surface area contributed by atoms with Crippen LogP contribution in [0.2, 0.25) is 0 Å². The zero-order chi connectivity index (χ0) is 12.3. The normalized spacial score (nSPS) is 14.0. The number of benzene rings is 2. The molecule has 2 aromatic rings. The summed E-state index contributed by atoms with van der Waals surface area (Å²) in [7, 11) is 0. The topological polar surface area (TPSA) is 29.5 Å². The Kier molecular flexibility index (Phi) is 3.89. The highest BCUT2D eigenvalue weighted by Crippen LogP contribution is 2.43. The minimum Gasteiger partial charge on any atom is -0.440 e. The first-order valence-electron chi connectivity index (χ1n) is 4.95. The monoisotopic (exact) mass is 282 g/mol. The van der Waals surface area contributed by atoms with Gasteiger partial charge in [0, 0.05) is 4.90 Å². The summed E-state index contributed by atoms with van der Waals surface area (Å²) in [5.74, 6) is 0.565. The van der Waals surface area contributed by atoms with Gasteiger partial charge in [0.25, 0.3) is 6.49 Å². The number of thiol groups is 1. The molecule has 0 fully saturated rings. The van der Waals surface area contributed by atoms with Gasteiger partial charge in [-0.1, -0.05) is 30.3 Å². The first kappa shape index (κ1) is 12.7. The molecule has 0 bridgehead atoms. The average molecular weight is 282 g/mol. The lowest BCUT2D eigenvalue weighted by Crippen LogP contribution is -2.10. The van der Waals surface area contributed by atoms with Crippen molar-refractivity contribution >= 4 is 36.2 Å². The van der Waals surface area contributed by atoms with E-state index in [1.807, 2.05) is 24.3 Å². The first-order chi connectivity index (χ1) is 8.09. The molecule has 1 atom stereocenters. The molecule has 0 heterocycles. The van der Waals surface area contributed by atoms with Crippen LogP contribution in [0.4, 0.5) is 0 Å². The SMILES string of the molecule is OP(=S)(Oc1ccccc1)c1ccccc1S. The third kappa shape index (κ3) is 3.11. The Morgan fingerprint density at radius 2 is 1.59 bits per heavy atom. The molecule has 0 saturated heterocycles. The molecule has 2 aromatic carbocycles. The minimum atomic E-state index is -3.05. The van der Waals surface area contributed by atoms with Crippen LogP contribution in [0.25, 0.3) is 0 Å². The number of rotatable bonds is 3. The molecule has 1 unspecified atom stereocenters. The third-order valence-electron chi connectivity index (χ3n) is 2.16. The molecule has 88 valence electrons. The van der Waals surface area contributed by atoms with Gasteiger partial charge in [0.05, 0.1) is 5.30 Å². The van der Waals surface area contributed by atoms with Gasteiger partial charge in [-0.3, -0.25) is 0 Å². The molecule has 0 aromatic heterocycles. The molecule has 0 spiro atoms. The average Bonchev–Trinajstić information content (AvgIpc) is 2.30. The lowest BCUT2D eigenvalue weighted by Gasteiger charge is -2.18. The molecule has 0 amide bonds. The van der Waals surface area contributed by atoms with E-state index in [0.29, 0.717) is 15.9 Å². The summed E-state index contributed by atoms with van der Waals surface area (Å²) in [6.07, 6.45) is 0. The zero-order valence-corrected chi connectivity index (χ0v) is 11.5. The van der Waals surface area contributed by atoms with E-state index in [-0.39, 0.29) is 0 Å². The zero-order valence-electron chi connectivity index (χ0n) is 8.85. The van der Waals surface area contributed by atoms with Crippen LogP contribution in [-0.4, -0.2) is 4.89 Å². The minimum absolute atomic E-state index is 0.565. The van der Waals surface area contributed by atoms with Crippen LogP contribution >= 0.6 is 19.1 Å². The second-order valence-electron chi connectivity index (χ2n) is 3.41. The van der Waals surface area contributed by atoms with Crippen LogP contribution in [0.1, 0.15) is 0 Å². The molecule has 0 radical (unpaired) electrons. The summed E-state index contributed by atoms with van der Waals surface area (Å²) in [4.78, 5) is 10.9. The number of para-hydroxylation sites is 1. The van der Waals surface area contributed by atoms with E-state index in [0.717, 1.165) is 0 Å². The van der Waals surface area contributed by atoms with Crippen LogP contribution in [0, 0.1) is 0 Å². The van der Waals surface area contributed by atoms with Crippen molar-refractivity contribution in [2.24, 2.45) is 0 Å². The highest BCUT2D eigenvalue weighted by molar-refractivity contribution is 8.13. The van der Waals surface area contributed by atoms with Crippen LogP contribution in [0.3, 0.4) is 0 Å². The molecule has 0 saturated carbocycles. The first-order valence-corrected chi connectivity index (χ1v) is 8.07. The van der Waals surface area contributed by atoms with Crippen LogP contribution in [0.5, 0.6) is 5.75 Å². The van der Waals surface area contributed by atoms with Crippen molar-refractivity contribution in [2.45, 2.75) is 4.90 Å². The predicted octanol–water partition coefficient (Wildman–Crippen LogP) is 2.98. The summed E-state index contributed by atoms with van der Waals surface area (Å²) in [6.45, 7) is -3.05. The highest BCUT2D eigenvalue weighted by atomic mass is 32.5. The largest absolute Gasteiger partial charge is 0.440 e. The predicted molar refractivity (Wildman–Crippen MR) is 76.9 cm³/mol. The molecule has 1 N–H and O–H groups in total. The molecule has 2 rings (SSSR count). The van der Waals surface area contributed by atoms with Gasteiger partial charge in [-0.25, -0.2) is 0 Å². The Bertz CT molecular complexity index is 557. The van der Waals surface area contributed by atoms with Crippen molar-refractivity contribution in [1.29, 1.82) is 0 Å². The van der Waals surface area contributed by atoms with Crippen molar-refractivity contribution in [3.8, 4) is 5.75 Å². The smallest absolute Gasteiger partial charge is 0.267 e. The van der Waals surface area contributed by atoms with E-state index in [1.54, 1.807) is 30.3 Å². The maximum Gasteiger partial charge on any atom is 0.267 e. The van der Waals surface area contributed by atoms with Crippen LogP contribution < -0.4 is 9.83 Å². The summed E-state index contributed by atoms with van der Waals surface area (Å²) in [5.41, 5.74) is 0. The highest BCUT2D eigenvalue weighted by Gasteiger charge is 2.20. The van der Waals surface area contributed by atoms with E-state index in [9.17, 15) is 4.89 Å². The second-order valence-corrected chi connectivity index (χ2v) is 7.09. The maximum absolute atomic E-state index is 10.3. The van der Waals surface area contributed by atoms with E-state index < -0.39 is 6.49 Å². The molecule has 0 aliphatic heterocycles. The Morgan fingerprint density at radius 1 is 1.00 bits per heavy atom. The molecule has 0 aliphatic carbocycles. The quantitative estimate of drug-likeness (QED) is 0.670. The van der Waals surface area contributed by atoms with E-state index >= 15 is 0 Å². The van der Waals surface area contributed by atoms with Gasteiger partial charge in [0.15, 0.2) is 0 Å². The Hall–Kier alpha value is -0.800. The van der Waals surface area contributed by atoms with Crippen molar-refractivity contribution in [3.63, 3.8) is 0 Å². The van der Waals surface area contributed by atoms with Gasteiger partial charge >= 0.3 is 0 Å². The number of hydrogen-bond acceptors (Lipinski definition) is 3. The van der Waals surface area contributed by atoms with E-state index in [2.05, 4.69) is 12.6 Å². The van der Waals surface area contributed by atoms with Gasteiger partial charge in [-0.2, -0.15) is 0 Å². The molecule has 2 nitrogen and oxygen atoms in total. The van der Waals surface area contributed by atoms with Gasteiger partial charge in [-0.05, 0) is 36.1 Å². The van der Waals surface area contributed by atoms with Gasteiger partial charge in [0.1, 0.15) is 5.75 Å². The Morgan fingerprint density at radius 3 is 2.24 bits per heavy atom. The standard InChI is InChI=1S/C12H11O2PS2/c13-15(17,11-8-4-5-9-12(11)16)14-10-6-2-1-3-7-10/h1-9,16H,(H,13,17). The van der Waals surface area contributed by atoms with Crippen LogP contribution in [0.15, 0.2) is 59.5 Å². The Balaban J connectivity index is 2.32. The fourth-order valence-electron chi connectivity index (χ4n) is 1.38. The molecule has 0 aliphatic rings. The summed E-state index contributed by atoms with van der Waals surface area (Å²) >= 11 is 9.45. The summed E-state index contributed by atoms with van der Waals surface area (Å²) < 4.78 is 5.50. The van der Waals surface area contributed by atoms with Gasteiger partial charge < -0.3 is 9.42 Å². The van der Waals surface area contributed by atoms with Crippen molar-refractivity contribution in [1.82, 2.24) is 0 Å². The molecule has 5 heteroatoms. The lowest BCUT2D eigenvalue weighted by molar-refractivity contribution is 0.495. The van der Waals surface area contributed by atoms with Gasteiger partial charge in [0.2, 0.25) is 0 Å². The van der Waals surface area contributed by atoms with Crippen molar-refractivity contribution in [3.05, 3.63) is 54.6 Å². The number of hydrogen-bond donors (Lipinski definition) is 2. The van der Waals surface area contributed by atoms with Gasteiger partial charge in [-0.15, -0.1) is 12.6 Å². The van der Waals surface area contributed by atoms with Crippen molar-refractivity contribution < 1.29 is 9.42 Å². The summed E-state index contributed by atoms with van der Waals surface area (Å²) in [6, 6.07) is 16.2. The third-order valence-corrected chi connectivity index (χ3v) is 5.00. The van der Waals surface area contributed by atoms with Crippen LogP contribution in [-0.2, 0) is 11.8 Å². The summed E-state index contributed by atoms with van der Waals surface area (Å²) in [5, 5.41) is 0.571. The molecule has 17 heavy (non-hydrogen) atoms. The maximum atomic E-state index is 10.3. The molecular formula is C12H11O2PS2. The fourth-order valence-corrected chi connectivity index (χ4v) is 4.03. The fraction of sp³-hybridized carbons (Fsp3) is 0.